The van der Waals surface area contributed by atoms with Crippen molar-refractivity contribution in [3.05, 3.63) is 24.3 Å². The second-order valence-corrected chi connectivity index (χ2v) is 8.89. The molecule has 0 aromatic heterocycles. The summed E-state index contributed by atoms with van der Waals surface area (Å²) in [6.07, 6.45) is 2.08. The van der Waals surface area contributed by atoms with E-state index in [1.165, 1.54) is 0 Å². The molecule has 1 aliphatic rings. The lowest BCUT2D eigenvalue weighted by Gasteiger charge is -2.32. The Morgan fingerprint density at radius 1 is 1.22 bits per heavy atom. The Hall–Kier alpha value is -2.29. The first kappa shape index (κ1) is 21.0. The summed E-state index contributed by atoms with van der Waals surface area (Å²) in [7, 11) is -3.64. The molecular weight excluding hydrogens is 370 g/mol. The quantitative estimate of drug-likeness (QED) is 0.737. The molecule has 1 aromatic carbocycles. The highest BCUT2D eigenvalue weighted by molar-refractivity contribution is 7.92. The van der Waals surface area contributed by atoms with Crippen LogP contribution < -0.4 is 14.8 Å². The van der Waals surface area contributed by atoms with Gasteiger partial charge in [-0.2, -0.15) is 0 Å². The molecule has 27 heavy (non-hydrogen) atoms. The molecular formula is C18H27N3O5S. The van der Waals surface area contributed by atoms with E-state index in [1.807, 2.05) is 13.8 Å². The molecule has 1 aromatic rings. The van der Waals surface area contributed by atoms with Gasteiger partial charge >= 0.3 is 0 Å². The molecule has 0 atom stereocenters. The molecule has 1 heterocycles. The van der Waals surface area contributed by atoms with Crippen LogP contribution in [0.1, 0.15) is 26.7 Å². The Labute approximate surface area is 160 Å². The number of rotatable bonds is 7. The highest BCUT2D eigenvalue weighted by atomic mass is 32.2. The minimum atomic E-state index is -3.64. The molecule has 9 heteroatoms. The van der Waals surface area contributed by atoms with E-state index in [0.29, 0.717) is 37.4 Å². The molecule has 0 bridgehead atoms. The van der Waals surface area contributed by atoms with Gasteiger partial charge in [0.05, 0.1) is 18.0 Å². The molecule has 2 rings (SSSR count). The van der Waals surface area contributed by atoms with E-state index in [1.54, 1.807) is 29.2 Å². The fourth-order valence-corrected chi connectivity index (χ4v) is 3.85. The predicted molar refractivity (Wildman–Crippen MR) is 103 cm³/mol. The SMILES string of the molecule is CC(C)Oc1ccc(N(CC(=O)N2CCC(C(N)=O)CC2)S(C)(=O)=O)cc1. The second kappa shape index (κ2) is 8.60. The van der Waals surface area contributed by atoms with Gasteiger partial charge in [-0.1, -0.05) is 0 Å². The normalized spacial score (nSPS) is 15.6. The number of hydrogen-bond acceptors (Lipinski definition) is 5. The Bertz CT molecular complexity index is 769. The number of carbonyl (C=O) groups is 2. The third kappa shape index (κ3) is 5.85. The van der Waals surface area contributed by atoms with Crippen LogP contribution in [0.15, 0.2) is 24.3 Å². The molecule has 0 unspecified atom stereocenters. The lowest BCUT2D eigenvalue weighted by molar-refractivity contribution is -0.133. The minimum absolute atomic E-state index is 0.00627. The Morgan fingerprint density at radius 2 is 1.78 bits per heavy atom. The second-order valence-electron chi connectivity index (χ2n) is 6.99. The van der Waals surface area contributed by atoms with E-state index < -0.39 is 10.0 Å². The fourth-order valence-electron chi connectivity index (χ4n) is 3.00. The topological polar surface area (TPSA) is 110 Å². The summed E-state index contributed by atoms with van der Waals surface area (Å²) in [6.45, 7) is 4.30. The summed E-state index contributed by atoms with van der Waals surface area (Å²) in [4.78, 5) is 25.4. The highest BCUT2D eigenvalue weighted by Gasteiger charge is 2.29. The average Bonchev–Trinajstić information content (AvgIpc) is 2.59. The zero-order valence-electron chi connectivity index (χ0n) is 15.9. The number of likely N-dealkylation sites (tertiary alicyclic amines) is 1. The Kier molecular flexibility index (Phi) is 6.69. The molecule has 8 nitrogen and oxygen atoms in total. The average molecular weight is 397 g/mol. The van der Waals surface area contributed by atoms with Crippen LogP contribution in [0, 0.1) is 5.92 Å². The minimum Gasteiger partial charge on any atom is -0.491 e. The zero-order valence-corrected chi connectivity index (χ0v) is 16.7. The molecule has 0 radical (unpaired) electrons. The van der Waals surface area contributed by atoms with Crippen molar-refractivity contribution in [3.8, 4) is 5.75 Å². The molecule has 0 spiro atoms. The van der Waals surface area contributed by atoms with Gasteiger partial charge in [-0.25, -0.2) is 8.42 Å². The van der Waals surface area contributed by atoms with Crippen LogP contribution in [0.25, 0.3) is 0 Å². The number of ether oxygens (including phenoxy) is 1. The number of carbonyl (C=O) groups excluding carboxylic acids is 2. The fraction of sp³-hybridized carbons (Fsp3) is 0.556. The van der Waals surface area contributed by atoms with E-state index in [9.17, 15) is 18.0 Å². The van der Waals surface area contributed by atoms with E-state index in [4.69, 9.17) is 10.5 Å². The molecule has 150 valence electrons. The molecule has 1 aliphatic heterocycles. The maximum atomic E-state index is 12.6. The van der Waals surface area contributed by atoms with Gasteiger partial charge in [-0.3, -0.25) is 13.9 Å². The van der Waals surface area contributed by atoms with Gasteiger partial charge in [0.2, 0.25) is 21.8 Å². The lowest BCUT2D eigenvalue weighted by Crippen LogP contribution is -2.47. The van der Waals surface area contributed by atoms with Crippen molar-refractivity contribution in [2.45, 2.75) is 32.8 Å². The third-order valence-electron chi connectivity index (χ3n) is 4.43. The molecule has 1 saturated heterocycles. The van der Waals surface area contributed by atoms with Crippen molar-refractivity contribution in [1.82, 2.24) is 4.90 Å². The smallest absolute Gasteiger partial charge is 0.243 e. The van der Waals surface area contributed by atoms with Gasteiger partial charge in [0, 0.05) is 19.0 Å². The molecule has 0 aliphatic carbocycles. The third-order valence-corrected chi connectivity index (χ3v) is 5.57. The Morgan fingerprint density at radius 3 is 2.22 bits per heavy atom. The number of hydrogen-bond donors (Lipinski definition) is 1. The van der Waals surface area contributed by atoms with Gasteiger partial charge in [-0.05, 0) is 51.0 Å². The van der Waals surface area contributed by atoms with Crippen LogP contribution in [-0.2, 0) is 19.6 Å². The van der Waals surface area contributed by atoms with E-state index >= 15 is 0 Å². The summed E-state index contributed by atoms with van der Waals surface area (Å²) in [5, 5.41) is 0. The standard InChI is InChI=1S/C18H27N3O5S/c1-13(2)26-16-6-4-15(5-7-16)21(27(3,24)25)12-17(22)20-10-8-14(9-11-20)18(19)23/h4-7,13-14H,8-12H2,1-3H3,(H2,19,23). The van der Waals surface area contributed by atoms with Crippen LogP contribution >= 0.6 is 0 Å². The number of piperidine rings is 1. The van der Waals surface area contributed by atoms with Crippen LogP contribution in [-0.4, -0.2) is 57.1 Å². The highest BCUT2D eigenvalue weighted by Crippen LogP contribution is 2.23. The zero-order chi connectivity index (χ0) is 20.2. The summed E-state index contributed by atoms with van der Waals surface area (Å²) >= 11 is 0. The van der Waals surface area contributed by atoms with Crippen molar-refractivity contribution >= 4 is 27.5 Å². The summed E-state index contributed by atoms with van der Waals surface area (Å²) in [5.74, 6) is -0.259. The maximum absolute atomic E-state index is 12.6. The van der Waals surface area contributed by atoms with Crippen LogP contribution in [0.3, 0.4) is 0 Å². The van der Waals surface area contributed by atoms with E-state index in [0.717, 1.165) is 10.6 Å². The van der Waals surface area contributed by atoms with Crippen LogP contribution in [0.2, 0.25) is 0 Å². The summed E-state index contributed by atoms with van der Waals surface area (Å²) < 4.78 is 31.1. The van der Waals surface area contributed by atoms with E-state index in [-0.39, 0.29) is 30.4 Å². The van der Waals surface area contributed by atoms with Gasteiger partial charge in [0.1, 0.15) is 12.3 Å². The monoisotopic (exact) mass is 397 g/mol. The first-order valence-electron chi connectivity index (χ1n) is 8.89. The lowest BCUT2D eigenvalue weighted by atomic mass is 9.96. The number of benzene rings is 1. The van der Waals surface area contributed by atoms with Gasteiger partial charge < -0.3 is 15.4 Å². The number of primary amides is 1. The maximum Gasteiger partial charge on any atom is 0.243 e. The van der Waals surface area contributed by atoms with Crippen molar-refractivity contribution in [2.75, 3.05) is 30.2 Å². The van der Waals surface area contributed by atoms with Crippen molar-refractivity contribution in [2.24, 2.45) is 11.7 Å². The molecule has 0 saturated carbocycles. The van der Waals surface area contributed by atoms with Crippen LogP contribution in [0.4, 0.5) is 5.69 Å². The molecule has 1 fully saturated rings. The number of sulfonamides is 1. The predicted octanol–water partition coefficient (Wildman–Crippen LogP) is 0.964. The largest absolute Gasteiger partial charge is 0.491 e. The van der Waals surface area contributed by atoms with Crippen LogP contribution in [0.5, 0.6) is 5.75 Å². The molecule has 2 amide bonds. The van der Waals surface area contributed by atoms with Crippen molar-refractivity contribution in [1.29, 1.82) is 0 Å². The first-order valence-corrected chi connectivity index (χ1v) is 10.7. The Balaban J connectivity index is 2.09. The van der Waals surface area contributed by atoms with E-state index in [2.05, 4.69) is 0 Å². The summed E-state index contributed by atoms with van der Waals surface area (Å²) in [6, 6.07) is 6.59. The number of nitrogens with two attached hydrogens (primary N) is 1. The molecule has 2 N–H and O–H groups in total. The summed E-state index contributed by atoms with van der Waals surface area (Å²) in [5.41, 5.74) is 5.70. The van der Waals surface area contributed by atoms with Crippen molar-refractivity contribution in [3.63, 3.8) is 0 Å². The number of nitrogens with zero attached hydrogens (tertiary/aromatic N) is 2. The number of amides is 2. The van der Waals surface area contributed by atoms with Gasteiger partial charge in [0.15, 0.2) is 0 Å². The van der Waals surface area contributed by atoms with Crippen molar-refractivity contribution < 1.29 is 22.7 Å². The number of anilines is 1. The van der Waals surface area contributed by atoms with Gasteiger partial charge in [0.25, 0.3) is 0 Å². The van der Waals surface area contributed by atoms with Gasteiger partial charge in [-0.15, -0.1) is 0 Å². The first-order chi connectivity index (χ1) is 12.6.